The first kappa shape index (κ1) is 21.8. The van der Waals surface area contributed by atoms with Crippen LogP contribution in [0.15, 0.2) is 76.8 Å². The molecule has 0 aliphatic carbocycles. The molecule has 162 valence electrons. The highest BCUT2D eigenvalue weighted by Gasteiger charge is 2.46. The summed E-state index contributed by atoms with van der Waals surface area (Å²) in [5, 5.41) is 20.9. The van der Waals surface area contributed by atoms with Gasteiger partial charge in [0.25, 0.3) is 11.7 Å². The second-order valence-electron chi connectivity index (χ2n) is 7.74. The third-order valence-electron chi connectivity index (χ3n) is 5.71. The van der Waals surface area contributed by atoms with E-state index >= 15 is 0 Å². The maximum Gasteiger partial charge on any atom is 0.300 e. The van der Waals surface area contributed by atoms with Gasteiger partial charge in [0.2, 0.25) is 0 Å². The number of nitrogens with zero attached hydrogens (tertiary/aromatic N) is 1. The molecular formula is C26H22BrNO4. The number of carbonyl (C=O) groups is 2. The number of hydrogen-bond donors (Lipinski definition) is 2. The number of aliphatic hydroxyl groups excluding tert-OH is 1. The van der Waals surface area contributed by atoms with Crippen molar-refractivity contribution in [3.8, 4) is 5.75 Å². The van der Waals surface area contributed by atoms with Gasteiger partial charge in [-0.3, -0.25) is 14.5 Å². The molecule has 3 aromatic rings. The molecule has 0 aromatic heterocycles. The zero-order valence-corrected chi connectivity index (χ0v) is 19.3. The van der Waals surface area contributed by atoms with E-state index in [1.807, 2.05) is 26.0 Å². The molecule has 1 saturated heterocycles. The maximum absolute atomic E-state index is 13.2. The summed E-state index contributed by atoms with van der Waals surface area (Å²) in [6, 6.07) is 18.2. The van der Waals surface area contributed by atoms with Gasteiger partial charge in [-0.25, -0.2) is 0 Å². The van der Waals surface area contributed by atoms with E-state index in [9.17, 15) is 19.8 Å². The number of carbonyl (C=O) groups excluding carboxylic acids is 2. The summed E-state index contributed by atoms with van der Waals surface area (Å²) >= 11 is 3.44. The minimum atomic E-state index is -0.827. The zero-order chi connectivity index (χ0) is 23.0. The number of aromatic hydroxyl groups is 1. The smallest absolute Gasteiger partial charge is 0.300 e. The number of aryl methyl sites for hydroxylation is 2. The highest BCUT2D eigenvalue weighted by molar-refractivity contribution is 9.10. The van der Waals surface area contributed by atoms with Crippen LogP contribution in [0.5, 0.6) is 5.75 Å². The molecule has 1 fully saturated rings. The highest BCUT2D eigenvalue weighted by atomic mass is 79.9. The van der Waals surface area contributed by atoms with Gasteiger partial charge in [-0.05, 0) is 66.4 Å². The number of phenols is 1. The van der Waals surface area contributed by atoms with Crippen LogP contribution in [0.25, 0.3) is 5.76 Å². The normalized spacial score (nSPS) is 17.7. The topological polar surface area (TPSA) is 77.8 Å². The van der Waals surface area contributed by atoms with Crippen molar-refractivity contribution >= 4 is 39.1 Å². The first-order valence-electron chi connectivity index (χ1n) is 10.3. The van der Waals surface area contributed by atoms with Crippen LogP contribution in [0.2, 0.25) is 0 Å². The molecule has 6 heteroatoms. The molecule has 5 nitrogen and oxygen atoms in total. The number of amides is 1. The molecule has 1 aliphatic heterocycles. The van der Waals surface area contributed by atoms with Crippen LogP contribution in [0.3, 0.4) is 0 Å². The van der Waals surface area contributed by atoms with Crippen LogP contribution >= 0.6 is 15.9 Å². The molecule has 0 radical (unpaired) electrons. The number of Topliss-reactive ketones (excluding diaryl/α,β-unsaturated/α-hetero) is 1. The summed E-state index contributed by atoms with van der Waals surface area (Å²) in [7, 11) is 0. The Balaban J connectivity index is 1.92. The molecule has 32 heavy (non-hydrogen) atoms. The summed E-state index contributed by atoms with van der Waals surface area (Å²) in [6.07, 6.45) is 0.851. The van der Waals surface area contributed by atoms with Gasteiger partial charge in [0.1, 0.15) is 11.5 Å². The summed E-state index contributed by atoms with van der Waals surface area (Å²) in [6.45, 7) is 3.92. The first-order chi connectivity index (χ1) is 15.3. The second kappa shape index (κ2) is 8.63. The van der Waals surface area contributed by atoms with Crippen molar-refractivity contribution in [2.45, 2.75) is 26.3 Å². The SMILES string of the molecule is CCc1ccc(N2C(=O)C(=O)/C(=C(\O)c3ccc(Br)c(C)c3)C2c2ccc(O)cc2)cc1. The predicted octanol–water partition coefficient (Wildman–Crippen LogP) is 5.65. The fourth-order valence-electron chi connectivity index (χ4n) is 3.91. The number of aliphatic hydroxyl groups is 1. The molecule has 0 spiro atoms. The lowest BCUT2D eigenvalue weighted by molar-refractivity contribution is -0.132. The van der Waals surface area contributed by atoms with Crippen molar-refractivity contribution in [1.82, 2.24) is 0 Å². The lowest BCUT2D eigenvalue weighted by Gasteiger charge is -2.25. The van der Waals surface area contributed by atoms with E-state index in [0.717, 1.165) is 22.0 Å². The first-order valence-corrected chi connectivity index (χ1v) is 11.1. The van der Waals surface area contributed by atoms with E-state index in [4.69, 9.17) is 0 Å². The lowest BCUT2D eigenvalue weighted by Crippen LogP contribution is -2.29. The zero-order valence-electron chi connectivity index (χ0n) is 17.7. The number of ketones is 1. The largest absolute Gasteiger partial charge is 0.508 e. The number of halogens is 1. The van der Waals surface area contributed by atoms with Gasteiger partial charge in [-0.15, -0.1) is 0 Å². The van der Waals surface area contributed by atoms with Crippen molar-refractivity contribution < 1.29 is 19.8 Å². The average Bonchev–Trinajstić information content (AvgIpc) is 3.06. The molecule has 1 heterocycles. The van der Waals surface area contributed by atoms with Gasteiger partial charge in [-0.1, -0.05) is 53.2 Å². The number of benzene rings is 3. The van der Waals surface area contributed by atoms with E-state index in [1.54, 1.807) is 42.5 Å². The van der Waals surface area contributed by atoms with Crippen LogP contribution in [0, 0.1) is 6.92 Å². The Kier molecular flexibility index (Phi) is 5.89. The monoisotopic (exact) mass is 491 g/mol. The highest BCUT2D eigenvalue weighted by Crippen LogP contribution is 2.42. The second-order valence-corrected chi connectivity index (χ2v) is 8.60. The summed E-state index contributed by atoms with van der Waals surface area (Å²) < 4.78 is 0.876. The molecule has 1 atom stereocenters. The third-order valence-corrected chi connectivity index (χ3v) is 6.60. The molecule has 4 rings (SSSR count). The van der Waals surface area contributed by atoms with Crippen molar-refractivity contribution in [3.63, 3.8) is 0 Å². The van der Waals surface area contributed by atoms with E-state index in [-0.39, 0.29) is 17.1 Å². The van der Waals surface area contributed by atoms with Crippen molar-refractivity contribution in [1.29, 1.82) is 0 Å². The van der Waals surface area contributed by atoms with Crippen molar-refractivity contribution in [2.24, 2.45) is 0 Å². The number of rotatable bonds is 4. The van der Waals surface area contributed by atoms with Gasteiger partial charge >= 0.3 is 0 Å². The maximum atomic E-state index is 13.2. The van der Waals surface area contributed by atoms with Gasteiger partial charge in [0.15, 0.2) is 0 Å². The Hall–Kier alpha value is -3.38. The van der Waals surface area contributed by atoms with Gasteiger partial charge in [0.05, 0.1) is 11.6 Å². The summed E-state index contributed by atoms with van der Waals surface area (Å²) in [5.74, 6) is -1.62. The van der Waals surface area contributed by atoms with Crippen molar-refractivity contribution in [3.05, 3.63) is 99.0 Å². The van der Waals surface area contributed by atoms with Crippen LogP contribution in [0.1, 0.15) is 35.2 Å². The molecule has 3 aromatic carbocycles. The molecule has 0 saturated carbocycles. The fraction of sp³-hybridized carbons (Fsp3) is 0.154. The number of anilines is 1. The minimum Gasteiger partial charge on any atom is -0.508 e. The Labute approximate surface area is 194 Å². The van der Waals surface area contributed by atoms with Gasteiger partial charge in [0, 0.05) is 15.7 Å². The van der Waals surface area contributed by atoms with Crippen molar-refractivity contribution in [2.75, 3.05) is 4.90 Å². The lowest BCUT2D eigenvalue weighted by atomic mass is 9.94. The van der Waals surface area contributed by atoms with Gasteiger partial charge < -0.3 is 10.2 Å². The third kappa shape index (κ3) is 3.82. The Bertz CT molecular complexity index is 1230. The van der Waals surface area contributed by atoms with E-state index in [0.29, 0.717) is 16.8 Å². The standard InChI is InChI=1S/C26H22BrNO4/c1-3-16-4-9-19(10-5-16)28-23(17-6-11-20(29)12-7-17)22(25(31)26(28)32)24(30)18-8-13-21(27)15(2)14-18/h4-14,23,29-30H,3H2,1-2H3/b24-22-. The fourth-order valence-corrected chi connectivity index (χ4v) is 4.16. The average molecular weight is 492 g/mol. The summed E-state index contributed by atoms with van der Waals surface area (Å²) in [5.41, 5.74) is 3.64. The van der Waals surface area contributed by atoms with Crippen LogP contribution in [-0.4, -0.2) is 21.9 Å². The molecule has 1 aliphatic rings. The molecule has 1 unspecified atom stereocenters. The Morgan fingerprint density at radius 3 is 2.25 bits per heavy atom. The summed E-state index contributed by atoms with van der Waals surface area (Å²) in [4.78, 5) is 27.7. The number of phenolic OH excluding ortho intramolecular Hbond substituents is 1. The number of hydrogen-bond acceptors (Lipinski definition) is 4. The Morgan fingerprint density at radius 1 is 1.00 bits per heavy atom. The quantitative estimate of drug-likeness (QED) is 0.280. The minimum absolute atomic E-state index is 0.0157. The van der Waals surface area contributed by atoms with E-state index in [1.165, 1.54) is 17.0 Å². The van der Waals surface area contributed by atoms with E-state index in [2.05, 4.69) is 15.9 Å². The molecular weight excluding hydrogens is 470 g/mol. The van der Waals surface area contributed by atoms with Crippen LogP contribution in [-0.2, 0) is 16.0 Å². The predicted molar refractivity (Wildman–Crippen MR) is 128 cm³/mol. The van der Waals surface area contributed by atoms with Crippen LogP contribution < -0.4 is 4.90 Å². The Morgan fingerprint density at radius 2 is 1.66 bits per heavy atom. The van der Waals surface area contributed by atoms with Gasteiger partial charge in [-0.2, -0.15) is 0 Å². The molecule has 0 bridgehead atoms. The van der Waals surface area contributed by atoms with E-state index < -0.39 is 17.7 Å². The van der Waals surface area contributed by atoms with Crippen LogP contribution in [0.4, 0.5) is 5.69 Å². The molecule has 2 N–H and O–H groups in total. The molecule has 1 amide bonds.